The highest BCUT2D eigenvalue weighted by molar-refractivity contribution is 5.80. The molecule has 1 saturated carbocycles. The Morgan fingerprint density at radius 3 is 2.35 bits per heavy atom. The molecule has 0 radical (unpaired) electrons. The van der Waals surface area contributed by atoms with E-state index in [0.29, 0.717) is 0 Å². The molecule has 1 rings (SSSR count). The lowest BCUT2D eigenvalue weighted by atomic mass is 9.66. The first kappa shape index (κ1) is 16.8. The third-order valence-corrected chi connectivity index (χ3v) is 3.93. The summed E-state index contributed by atoms with van der Waals surface area (Å²) in [5.74, 6) is -1.06. The van der Waals surface area contributed by atoms with Crippen LogP contribution in [0.1, 0.15) is 60.3 Å². The molecule has 2 atom stereocenters. The van der Waals surface area contributed by atoms with E-state index in [9.17, 15) is 14.7 Å². The molecule has 0 saturated heterocycles. The van der Waals surface area contributed by atoms with Crippen LogP contribution in [0.25, 0.3) is 0 Å². The maximum absolute atomic E-state index is 11.8. The van der Waals surface area contributed by atoms with Crippen LogP contribution in [-0.4, -0.2) is 28.8 Å². The normalized spacial score (nSPS) is 23.8. The molecule has 5 heteroatoms. The van der Waals surface area contributed by atoms with E-state index in [2.05, 4.69) is 19.2 Å². The minimum atomic E-state index is -0.990. The fraction of sp³-hybridized carbons (Fsp3) is 0.867. The number of aliphatic carboxylic acids is 1. The van der Waals surface area contributed by atoms with Gasteiger partial charge in [0.15, 0.2) is 0 Å². The zero-order chi connectivity index (χ0) is 15.6. The highest BCUT2D eigenvalue weighted by Crippen LogP contribution is 2.42. The molecule has 0 aromatic carbocycles. The van der Waals surface area contributed by atoms with Gasteiger partial charge in [-0.25, -0.2) is 9.59 Å². The molecule has 116 valence electrons. The van der Waals surface area contributed by atoms with E-state index >= 15 is 0 Å². The van der Waals surface area contributed by atoms with Gasteiger partial charge in [0.1, 0.15) is 11.6 Å². The molecule has 0 aromatic rings. The highest BCUT2D eigenvalue weighted by atomic mass is 16.6. The van der Waals surface area contributed by atoms with Gasteiger partial charge in [-0.05, 0) is 44.9 Å². The molecule has 0 aliphatic heterocycles. The van der Waals surface area contributed by atoms with Crippen LogP contribution in [-0.2, 0) is 9.53 Å². The van der Waals surface area contributed by atoms with Crippen molar-refractivity contribution < 1.29 is 19.4 Å². The Hall–Kier alpha value is -1.26. The number of nitrogens with one attached hydrogen (secondary N) is 1. The van der Waals surface area contributed by atoms with Crippen molar-refractivity contribution in [3.8, 4) is 0 Å². The van der Waals surface area contributed by atoms with Gasteiger partial charge in [0.25, 0.3) is 0 Å². The van der Waals surface area contributed by atoms with Crippen LogP contribution in [0, 0.1) is 11.3 Å². The van der Waals surface area contributed by atoms with E-state index in [1.54, 1.807) is 20.8 Å². The van der Waals surface area contributed by atoms with Crippen molar-refractivity contribution in [1.82, 2.24) is 5.32 Å². The molecule has 0 bridgehead atoms. The number of carboxylic acids is 1. The Kier molecular flexibility index (Phi) is 5.05. The minimum Gasteiger partial charge on any atom is -0.480 e. The molecule has 0 heterocycles. The monoisotopic (exact) mass is 285 g/mol. The van der Waals surface area contributed by atoms with Gasteiger partial charge in [-0.3, -0.25) is 0 Å². The van der Waals surface area contributed by atoms with Gasteiger partial charge >= 0.3 is 12.1 Å². The summed E-state index contributed by atoms with van der Waals surface area (Å²) in [6, 6.07) is -0.889. The number of carbonyl (C=O) groups is 2. The van der Waals surface area contributed by atoms with Crippen LogP contribution < -0.4 is 5.32 Å². The average Bonchev–Trinajstić information content (AvgIpc) is 2.23. The van der Waals surface area contributed by atoms with E-state index in [-0.39, 0.29) is 11.3 Å². The van der Waals surface area contributed by atoms with Gasteiger partial charge < -0.3 is 15.2 Å². The molecule has 1 unspecified atom stereocenters. The zero-order valence-electron chi connectivity index (χ0n) is 13.2. The summed E-state index contributed by atoms with van der Waals surface area (Å²) in [6.45, 7) is 9.42. The van der Waals surface area contributed by atoms with Gasteiger partial charge in [0, 0.05) is 0 Å². The second-order valence-electron chi connectivity index (χ2n) is 7.30. The number of carboxylic acid groups (broad SMARTS) is 1. The van der Waals surface area contributed by atoms with Crippen LogP contribution in [0.5, 0.6) is 0 Å². The van der Waals surface area contributed by atoms with Crippen molar-refractivity contribution in [3.05, 3.63) is 0 Å². The first-order valence-electron chi connectivity index (χ1n) is 7.25. The van der Waals surface area contributed by atoms with Crippen LogP contribution in [0.2, 0.25) is 0 Å². The molecule has 1 fully saturated rings. The SMILES string of the molecule is CC(C)(C)OC(=O)N[C@H](C(=O)O)C1CCCCC1(C)C. The molecule has 0 aromatic heterocycles. The first-order valence-corrected chi connectivity index (χ1v) is 7.25. The number of hydrogen-bond donors (Lipinski definition) is 2. The molecule has 2 N–H and O–H groups in total. The maximum Gasteiger partial charge on any atom is 0.408 e. The third kappa shape index (κ3) is 4.69. The van der Waals surface area contributed by atoms with E-state index in [1.165, 1.54) is 0 Å². The third-order valence-electron chi connectivity index (χ3n) is 3.93. The summed E-state index contributed by atoms with van der Waals surface area (Å²) in [7, 11) is 0. The predicted molar refractivity (Wildman–Crippen MR) is 76.5 cm³/mol. The van der Waals surface area contributed by atoms with Crippen LogP contribution in [0.4, 0.5) is 4.79 Å². The Bertz CT molecular complexity index is 371. The molecule has 20 heavy (non-hydrogen) atoms. The molecule has 0 spiro atoms. The van der Waals surface area contributed by atoms with E-state index in [0.717, 1.165) is 25.7 Å². The van der Waals surface area contributed by atoms with Crippen LogP contribution >= 0.6 is 0 Å². The standard InChI is InChI=1S/C15H27NO4/c1-14(2,3)20-13(19)16-11(12(17)18)10-8-6-7-9-15(10,4)5/h10-11H,6-9H2,1-5H3,(H,16,19)(H,17,18)/t10?,11-/m0/s1. The number of alkyl carbamates (subject to hydrolysis) is 1. The lowest BCUT2D eigenvalue weighted by Gasteiger charge is -2.41. The van der Waals surface area contributed by atoms with E-state index in [1.807, 2.05) is 0 Å². The Morgan fingerprint density at radius 1 is 1.30 bits per heavy atom. The zero-order valence-corrected chi connectivity index (χ0v) is 13.2. The number of ether oxygens (including phenoxy) is 1. The summed E-state index contributed by atoms with van der Waals surface area (Å²) < 4.78 is 5.16. The lowest BCUT2D eigenvalue weighted by Crippen LogP contribution is -2.52. The maximum atomic E-state index is 11.8. The summed E-state index contributed by atoms with van der Waals surface area (Å²) in [6.07, 6.45) is 3.26. The van der Waals surface area contributed by atoms with Crippen molar-refractivity contribution in [3.63, 3.8) is 0 Å². The first-order chi connectivity index (χ1) is 9.03. The number of hydrogen-bond acceptors (Lipinski definition) is 3. The minimum absolute atomic E-state index is 0.0683. The fourth-order valence-corrected chi connectivity index (χ4v) is 2.91. The Morgan fingerprint density at radius 2 is 1.90 bits per heavy atom. The predicted octanol–water partition coefficient (Wildman–Crippen LogP) is 3.18. The highest BCUT2D eigenvalue weighted by Gasteiger charge is 2.42. The van der Waals surface area contributed by atoms with Gasteiger partial charge in [0.05, 0.1) is 0 Å². The van der Waals surface area contributed by atoms with Crippen molar-refractivity contribution in [2.75, 3.05) is 0 Å². The molecular formula is C15H27NO4. The summed E-state index contributed by atoms with van der Waals surface area (Å²) in [5.41, 5.74) is -0.717. The lowest BCUT2D eigenvalue weighted by molar-refractivity contribution is -0.143. The van der Waals surface area contributed by atoms with Crippen LogP contribution in [0.15, 0.2) is 0 Å². The van der Waals surface area contributed by atoms with Crippen molar-refractivity contribution >= 4 is 12.1 Å². The average molecular weight is 285 g/mol. The quantitative estimate of drug-likeness (QED) is 0.835. The van der Waals surface area contributed by atoms with Gasteiger partial charge in [-0.2, -0.15) is 0 Å². The van der Waals surface area contributed by atoms with Gasteiger partial charge in [-0.1, -0.05) is 26.7 Å². The van der Waals surface area contributed by atoms with Gasteiger partial charge in [0.2, 0.25) is 0 Å². The van der Waals surface area contributed by atoms with Crippen molar-refractivity contribution in [1.29, 1.82) is 0 Å². The molecule has 1 aliphatic rings. The van der Waals surface area contributed by atoms with E-state index in [4.69, 9.17) is 4.74 Å². The summed E-state index contributed by atoms with van der Waals surface area (Å²) in [4.78, 5) is 23.3. The van der Waals surface area contributed by atoms with Crippen LogP contribution in [0.3, 0.4) is 0 Å². The smallest absolute Gasteiger partial charge is 0.408 e. The molecule has 1 amide bonds. The largest absolute Gasteiger partial charge is 0.480 e. The number of carbonyl (C=O) groups excluding carboxylic acids is 1. The Labute approximate surface area is 121 Å². The van der Waals surface area contributed by atoms with E-state index < -0.39 is 23.7 Å². The molecule has 1 aliphatic carbocycles. The number of rotatable bonds is 3. The second kappa shape index (κ2) is 6.02. The topological polar surface area (TPSA) is 75.6 Å². The summed E-state index contributed by atoms with van der Waals surface area (Å²) in [5, 5.41) is 12.0. The van der Waals surface area contributed by atoms with Crippen molar-refractivity contribution in [2.45, 2.75) is 71.9 Å². The molecular weight excluding hydrogens is 258 g/mol. The van der Waals surface area contributed by atoms with Gasteiger partial charge in [-0.15, -0.1) is 0 Å². The summed E-state index contributed by atoms with van der Waals surface area (Å²) >= 11 is 0. The molecule has 5 nitrogen and oxygen atoms in total. The fourth-order valence-electron chi connectivity index (χ4n) is 2.91. The Balaban J connectivity index is 2.79. The second-order valence-corrected chi connectivity index (χ2v) is 7.30. The van der Waals surface area contributed by atoms with Crippen molar-refractivity contribution in [2.24, 2.45) is 11.3 Å². The number of amides is 1.